The van der Waals surface area contributed by atoms with E-state index >= 15 is 0 Å². The number of hydrogen-bond donors (Lipinski definition) is 0. The number of aromatic nitrogens is 3. The van der Waals surface area contributed by atoms with Gasteiger partial charge in [-0.2, -0.15) is 0 Å². The van der Waals surface area contributed by atoms with Crippen LogP contribution < -0.4 is 0 Å². The minimum atomic E-state index is 0.664. The first-order chi connectivity index (χ1) is 28.8. The molecule has 0 saturated carbocycles. The molecule has 0 N–H and O–H groups in total. The lowest BCUT2D eigenvalue weighted by Crippen LogP contribution is -1.96. The van der Waals surface area contributed by atoms with Gasteiger partial charge in [0.05, 0.1) is 11.4 Å². The molecule has 0 aliphatic carbocycles. The molecule has 0 aliphatic heterocycles. The predicted octanol–water partition coefficient (Wildman–Crippen LogP) is 14.6. The van der Waals surface area contributed by atoms with Gasteiger partial charge in [-0.3, -0.25) is 4.98 Å². The van der Waals surface area contributed by atoms with Gasteiger partial charge in [0.15, 0.2) is 5.82 Å². The molecule has 58 heavy (non-hydrogen) atoms. The third-order valence-electron chi connectivity index (χ3n) is 11.4. The average molecular weight is 738 g/mol. The molecule has 3 heteroatoms. The van der Waals surface area contributed by atoms with Gasteiger partial charge >= 0.3 is 0 Å². The van der Waals surface area contributed by atoms with E-state index in [4.69, 9.17) is 9.97 Å². The van der Waals surface area contributed by atoms with E-state index in [2.05, 4.69) is 199 Å². The lowest BCUT2D eigenvalue weighted by molar-refractivity contribution is 1.18. The molecule has 11 aromatic rings. The monoisotopic (exact) mass is 737 g/mol. The lowest BCUT2D eigenvalue weighted by atomic mass is 9.93. The lowest BCUT2D eigenvalue weighted by Gasteiger charge is -2.12. The topological polar surface area (TPSA) is 38.7 Å². The number of pyridine rings is 1. The smallest absolute Gasteiger partial charge is 0.160 e. The van der Waals surface area contributed by atoms with Gasteiger partial charge in [-0.05, 0) is 100 Å². The van der Waals surface area contributed by atoms with Crippen LogP contribution in [0.15, 0.2) is 213 Å². The second-order valence-electron chi connectivity index (χ2n) is 14.8. The van der Waals surface area contributed by atoms with Crippen LogP contribution in [0.25, 0.3) is 110 Å². The van der Waals surface area contributed by atoms with E-state index in [9.17, 15) is 0 Å². The van der Waals surface area contributed by atoms with Gasteiger partial charge in [0.2, 0.25) is 0 Å². The second-order valence-corrected chi connectivity index (χ2v) is 14.8. The summed E-state index contributed by atoms with van der Waals surface area (Å²) in [7, 11) is 0. The maximum absolute atomic E-state index is 5.31. The molecule has 3 nitrogen and oxygen atoms in total. The van der Waals surface area contributed by atoms with E-state index in [1.807, 2.05) is 12.3 Å². The van der Waals surface area contributed by atoms with Gasteiger partial charge in [-0.25, -0.2) is 9.97 Å². The van der Waals surface area contributed by atoms with Crippen molar-refractivity contribution in [3.8, 4) is 45.0 Å². The quantitative estimate of drug-likeness (QED) is 0.181. The van der Waals surface area contributed by atoms with Crippen LogP contribution >= 0.6 is 0 Å². The molecule has 0 spiro atoms. The van der Waals surface area contributed by atoms with Crippen molar-refractivity contribution in [3.63, 3.8) is 0 Å². The molecule has 11 rings (SSSR count). The molecule has 2 heterocycles. The summed E-state index contributed by atoms with van der Waals surface area (Å²) in [5.41, 5.74) is 6.92. The van der Waals surface area contributed by atoms with Gasteiger partial charge in [0.25, 0.3) is 0 Å². The number of hydrogen-bond acceptors (Lipinski definition) is 3. The van der Waals surface area contributed by atoms with Crippen LogP contribution in [0.1, 0.15) is 0 Å². The van der Waals surface area contributed by atoms with Gasteiger partial charge < -0.3 is 0 Å². The van der Waals surface area contributed by atoms with Crippen molar-refractivity contribution in [1.29, 1.82) is 0 Å². The van der Waals surface area contributed by atoms with Crippen molar-refractivity contribution in [2.45, 2.75) is 0 Å². The van der Waals surface area contributed by atoms with Crippen LogP contribution in [-0.4, -0.2) is 15.0 Å². The standard InChI is InChI=1S/C55H35N3/c1-2-16-41-36(13-1)14-11-25-42(41)37-26-28-38(29-27-37)55-57-53(34-54(58-55)40-15-12-32-56-35-40)39-30-31-51-49-23-8-7-21-47(49)45-19-4-3-17-43(45)44-18-5-6-20-46(44)48-22-9-10-24-50(48)52(51)33-39/h1-35H. The van der Waals surface area contributed by atoms with Crippen LogP contribution in [0, 0.1) is 0 Å². The Kier molecular flexibility index (Phi) is 8.15. The van der Waals surface area contributed by atoms with Crippen LogP contribution in [-0.2, 0) is 0 Å². The fraction of sp³-hybridized carbons (Fsp3) is 0. The largest absolute Gasteiger partial charge is 0.264 e. The van der Waals surface area contributed by atoms with Crippen molar-refractivity contribution in [2.24, 2.45) is 0 Å². The van der Waals surface area contributed by atoms with E-state index in [1.54, 1.807) is 6.20 Å². The molecule has 0 bridgehead atoms. The van der Waals surface area contributed by atoms with Crippen molar-refractivity contribution < 1.29 is 0 Å². The molecule has 0 unspecified atom stereocenters. The zero-order chi connectivity index (χ0) is 38.4. The van der Waals surface area contributed by atoms with Crippen molar-refractivity contribution in [2.75, 3.05) is 0 Å². The highest BCUT2D eigenvalue weighted by atomic mass is 14.9. The summed E-state index contributed by atoms with van der Waals surface area (Å²) in [4.78, 5) is 14.9. The number of rotatable bonds is 4. The maximum Gasteiger partial charge on any atom is 0.160 e. The van der Waals surface area contributed by atoms with Gasteiger partial charge in [0, 0.05) is 29.1 Å². The van der Waals surface area contributed by atoms with E-state index in [-0.39, 0.29) is 0 Å². The molecular formula is C55H35N3. The van der Waals surface area contributed by atoms with Gasteiger partial charge in [-0.15, -0.1) is 0 Å². The summed E-state index contributed by atoms with van der Waals surface area (Å²) < 4.78 is 0. The third-order valence-corrected chi connectivity index (χ3v) is 11.4. The van der Waals surface area contributed by atoms with Gasteiger partial charge in [-0.1, -0.05) is 176 Å². The number of fused-ring (bicyclic) bond motifs is 11. The first kappa shape index (κ1) is 33.6. The van der Waals surface area contributed by atoms with Crippen LogP contribution in [0.2, 0.25) is 0 Å². The maximum atomic E-state index is 5.31. The molecule has 270 valence electrons. The summed E-state index contributed by atoms with van der Waals surface area (Å²) in [6.45, 7) is 0. The average Bonchev–Trinajstić information content (AvgIpc) is 3.31. The summed E-state index contributed by atoms with van der Waals surface area (Å²) in [5, 5.41) is 14.4. The Hall–Kier alpha value is -7.75. The Labute approximate surface area is 335 Å². The Bertz CT molecular complexity index is 3360. The first-order valence-electron chi connectivity index (χ1n) is 19.7. The highest BCUT2D eigenvalue weighted by molar-refractivity contribution is 6.26. The zero-order valence-corrected chi connectivity index (χ0v) is 31.5. The molecule has 0 saturated heterocycles. The molecule has 0 amide bonds. The second kappa shape index (κ2) is 14.1. The summed E-state index contributed by atoms with van der Waals surface area (Å²) in [5.74, 6) is 0.664. The summed E-state index contributed by atoms with van der Waals surface area (Å²) in [6.07, 6.45) is 3.67. The highest BCUT2D eigenvalue weighted by Crippen LogP contribution is 2.38. The Morgan fingerprint density at radius 2 is 0.724 bits per heavy atom. The van der Waals surface area contributed by atoms with Gasteiger partial charge in [0.1, 0.15) is 0 Å². The zero-order valence-electron chi connectivity index (χ0n) is 31.5. The highest BCUT2D eigenvalue weighted by Gasteiger charge is 2.14. The normalized spacial score (nSPS) is 11.4. The molecule has 0 atom stereocenters. The molecule has 0 aliphatic rings. The molecular weight excluding hydrogens is 703 g/mol. The van der Waals surface area contributed by atoms with Crippen molar-refractivity contribution in [3.05, 3.63) is 213 Å². The number of benzene rings is 8. The Morgan fingerprint density at radius 1 is 0.276 bits per heavy atom. The Balaban J connectivity index is 1.17. The molecule has 0 radical (unpaired) electrons. The Morgan fingerprint density at radius 3 is 1.28 bits per heavy atom. The van der Waals surface area contributed by atoms with Crippen LogP contribution in [0.3, 0.4) is 0 Å². The molecule has 0 fully saturated rings. The molecule has 9 aromatic carbocycles. The summed E-state index contributed by atoms with van der Waals surface area (Å²) in [6, 6.07) is 71.8. The van der Waals surface area contributed by atoms with E-state index in [1.165, 1.54) is 64.8 Å². The fourth-order valence-electron chi connectivity index (χ4n) is 8.64. The minimum Gasteiger partial charge on any atom is -0.264 e. The minimum absolute atomic E-state index is 0.664. The third kappa shape index (κ3) is 5.80. The molecule has 2 aromatic heterocycles. The first-order valence-corrected chi connectivity index (χ1v) is 19.7. The SMILES string of the molecule is c1cncc(-c2cc(-c3ccc4c5ccccc5c5ccccc5c5ccccc5c5ccccc5c4c3)nc(-c3ccc(-c4cccc5ccccc45)cc3)n2)c1. The van der Waals surface area contributed by atoms with Crippen molar-refractivity contribution >= 4 is 64.6 Å². The predicted molar refractivity (Wildman–Crippen MR) is 244 cm³/mol. The fourth-order valence-corrected chi connectivity index (χ4v) is 8.64. The number of nitrogens with zero attached hydrogens (tertiary/aromatic N) is 3. The van der Waals surface area contributed by atoms with E-state index in [0.717, 1.165) is 39.0 Å². The van der Waals surface area contributed by atoms with Crippen LogP contribution in [0.5, 0.6) is 0 Å². The van der Waals surface area contributed by atoms with Crippen molar-refractivity contribution in [1.82, 2.24) is 15.0 Å². The van der Waals surface area contributed by atoms with Crippen LogP contribution in [0.4, 0.5) is 0 Å². The van der Waals surface area contributed by atoms with E-state index in [0.29, 0.717) is 5.82 Å². The van der Waals surface area contributed by atoms with E-state index < -0.39 is 0 Å². The summed E-state index contributed by atoms with van der Waals surface area (Å²) >= 11 is 0.